The first-order chi connectivity index (χ1) is 11.9. The summed E-state index contributed by atoms with van der Waals surface area (Å²) in [7, 11) is 0. The Morgan fingerprint density at radius 2 is 1.64 bits per heavy atom. The van der Waals surface area contributed by atoms with E-state index in [9.17, 15) is 5.11 Å². The topological polar surface area (TPSA) is 20.2 Å². The van der Waals surface area contributed by atoms with Crippen molar-refractivity contribution in [3.05, 3.63) is 0 Å². The van der Waals surface area contributed by atoms with Crippen molar-refractivity contribution in [1.29, 1.82) is 0 Å². The second-order valence-corrected chi connectivity index (χ2v) is 11.1. The molecule has 8 unspecified atom stereocenters. The summed E-state index contributed by atoms with van der Waals surface area (Å²) in [6, 6.07) is 0. The lowest BCUT2D eigenvalue weighted by atomic mass is 9.44. The monoisotopic (exact) mass is 346 g/mol. The minimum atomic E-state index is -0.00534. The highest BCUT2D eigenvalue weighted by molar-refractivity contribution is 5.09. The van der Waals surface area contributed by atoms with E-state index in [0.29, 0.717) is 10.8 Å². The van der Waals surface area contributed by atoms with E-state index in [0.717, 1.165) is 48.3 Å². The van der Waals surface area contributed by atoms with Crippen LogP contribution in [0.15, 0.2) is 0 Å². The largest absolute Gasteiger partial charge is 0.393 e. The smallest absolute Gasteiger partial charge is 0.0543 e. The molecule has 0 saturated heterocycles. The van der Waals surface area contributed by atoms with Gasteiger partial charge < -0.3 is 5.11 Å². The van der Waals surface area contributed by atoms with Gasteiger partial charge in [0.05, 0.1) is 6.10 Å². The van der Waals surface area contributed by atoms with E-state index in [4.69, 9.17) is 0 Å². The van der Waals surface area contributed by atoms with Crippen LogP contribution in [-0.2, 0) is 0 Å². The van der Waals surface area contributed by atoms with Gasteiger partial charge in [-0.25, -0.2) is 0 Å². The molecule has 0 amide bonds. The summed E-state index contributed by atoms with van der Waals surface area (Å²) in [4.78, 5) is 0. The molecule has 144 valence electrons. The zero-order chi connectivity index (χ0) is 17.8. The third-order valence-corrected chi connectivity index (χ3v) is 10.1. The molecule has 4 aliphatic rings. The second kappa shape index (κ2) is 6.54. The molecule has 0 bridgehead atoms. The molecule has 4 rings (SSSR count). The van der Waals surface area contributed by atoms with Gasteiger partial charge in [0.1, 0.15) is 0 Å². The van der Waals surface area contributed by atoms with Crippen LogP contribution in [0.25, 0.3) is 0 Å². The van der Waals surface area contributed by atoms with Crippen molar-refractivity contribution in [3.63, 3.8) is 0 Å². The Bertz CT molecular complexity index is 486. The van der Waals surface area contributed by atoms with Crippen molar-refractivity contribution in [1.82, 2.24) is 0 Å². The molecule has 4 aliphatic carbocycles. The highest BCUT2D eigenvalue weighted by Crippen LogP contribution is 2.68. The molecule has 1 heteroatoms. The first-order valence-corrected chi connectivity index (χ1v) is 11.6. The summed E-state index contributed by atoms with van der Waals surface area (Å²) in [5, 5.41) is 10.2. The molecular weight excluding hydrogens is 304 g/mol. The van der Waals surface area contributed by atoms with Gasteiger partial charge in [-0.2, -0.15) is 0 Å². The number of aliphatic hydroxyl groups is 1. The Morgan fingerprint density at radius 1 is 0.920 bits per heavy atom. The Hall–Kier alpha value is -0.0400. The molecule has 1 N–H and O–H groups in total. The maximum Gasteiger partial charge on any atom is 0.0543 e. The highest BCUT2D eigenvalue weighted by Gasteiger charge is 2.60. The van der Waals surface area contributed by atoms with Gasteiger partial charge >= 0.3 is 0 Å². The summed E-state index contributed by atoms with van der Waals surface area (Å²) in [5.74, 6) is 5.66. The molecule has 0 aliphatic heterocycles. The van der Waals surface area contributed by atoms with Gasteiger partial charge in [0, 0.05) is 0 Å². The fraction of sp³-hybridized carbons (Fsp3) is 1.00. The first kappa shape index (κ1) is 18.3. The molecule has 1 nitrogen and oxygen atoms in total. The molecule has 0 aromatic heterocycles. The maximum absolute atomic E-state index is 10.2. The summed E-state index contributed by atoms with van der Waals surface area (Å²) >= 11 is 0. The molecule has 0 heterocycles. The molecule has 0 radical (unpaired) electrons. The third kappa shape index (κ3) is 2.74. The number of aliphatic hydroxyl groups excluding tert-OH is 1. The zero-order valence-corrected chi connectivity index (χ0v) is 17.3. The van der Waals surface area contributed by atoms with Crippen LogP contribution in [0.2, 0.25) is 0 Å². The average Bonchev–Trinajstić information content (AvgIpc) is 2.93. The fourth-order valence-corrected chi connectivity index (χ4v) is 8.87. The van der Waals surface area contributed by atoms with Crippen LogP contribution >= 0.6 is 0 Å². The molecular formula is C24H42O. The summed E-state index contributed by atoms with van der Waals surface area (Å²) < 4.78 is 0. The number of fused-ring (bicyclic) bond motifs is 5. The van der Waals surface area contributed by atoms with E-state index in [1.165, 1.54) is 57.8 Å². The first-order valence-electron chi connectivity index (χ1n) is 11.6. The van der Waals surface area contributed by atoms with E-state index in [1.807, 2.05) is 0 Å². The second-order valence-electron chi connectivity index (χ2n) is 11.1. The molecule has 25 heavy (non-hydrogen) atoms. The lowest BCUT2D eigenvalue weighted by molar-refractivity contribution is -0.129. The Labute approximate surface area is 156 Å². The minimum Gasteiger partial charge on any atom is -0.393 e. The van der Waals surface area contributed by atoms with E-state index >= 15 is 0 Å². The van der Waals surface area contributed by atoms with Crippen LogP contribution in [0.4, 0.5) is 0 Å². The number of hydrogen-bond acceptors (Lipinski definition) is 1. The lowest BCUT2D eigenvalue weighted by Gasteiger charge is -2.61. The average molecular weight is 347 g/mol. The molecule has 4 fully saturated rings. The van der Waals surface area contributed by atoms with Crippen LogP contribution in [0.3, 0.4) is 0 Å². The van der Waals surface area contributed by atoms with Crippen molar-refractivity contribution < 1.29 is 5.11 Å². The van der Waals surface area contributed by atoms with Gasteiger partial charge in [-0.15, -0.1) is 0 Å². The van der Waals surface area contributed by atoms with Crippen LogP contribution in [0.1, 0.15) is 98.3 Å². The molecule has 0 aromatic rings. The molecule has 4 saturated carbocycles. The highest BCUT2D eigenvalue weighted by atomic mass is 16.3. The Kier molecular flexibility index (Phi) is 4.79. The normalized spacial score (nSPS) is 53.6. The predicted octanol–water partition coefficient (Wildman–Crippen LogP) is 6.44. The van der Waals surface area contributed by atoms with Crippen molar-refractivity contribution >= 4 is 0 Å². The number of hydrogen-bond donors (Lipinski definition) is 1. The number of rotatable bonds is 3. The quantitative estimate of drug-likeness (QED) is 0.623. The molecule has 0 aromatic carbocycles. The van der Waals surface area contributed by atoms with Crippen LogP contribution < -0.4 is 0 Å². The van der Waals surface area contributed by atoms with E-state index in [2.05, 4.69) is 27.7 Å². The van der Waals surface area contributed by atoms with E-state index < -0.39 is 0 Å². The molecule has 9 atom stereocenters. The van der Waals surface area contributed by atoms with Crippen molar-refractivity contribution in [2.24, 2.45) is 46.3 Å². The van der Waals surface area contributed by atoms with E-state index in [1.54, 1.807) is 0 Å². The SMILES string of the molecule is CCCC(C)C1CCC2C3CCC4C[C@H](O)CCC4(C)C3CCC12C. The summed E-state index contributed by atoms with van der Waals surface area (Å²) in [6.07, 6.45) is 15.1. The third-order valence-electron chi connectivity index (χ3n) is 10.1. The standard InChI is InChI=1S/C24H42O/c1-5-6-16(2)20-9-10-21-19-8-7-17-15-18(25)11-13-23(17,3)22(19)12-14-24(20,21)4/h16-22,25H,5-15H2,1-4H3/t16?,17?,18-,19?,20?,21?,22?,23?,24?/m1/s1. The lowest BCUT2D eigenvalue weighted by Crippen LogP contribution is -2.54. The summed E-state index contributed by atoms with van der Waals surface area (Å²) in [6.45, 7) is 10.2. The van der Waals surface area contributed by atoms with E-state index in [-0.39, 0.29) is 6.10 Å². The Morgan fingerprint density at radius 3 is 2.40 bits per heavy atom. The summed E-state index contributed by atoms with van der Waals surface area (Å²) in [5.41, 5.74) is 1.17. The maximum atomic E-state index is 10.2. The van der Waals surface area contributed by atoms with Crippen molar-refractivity contribution in [2.45, 2.75) is 104 Å². The van der Waals surface area contributed by atoms with Gasteiger partial charge in [0.25, 0.3) is 0 Å². The Balaban J connectivity index is 1.56. The van der Waals surface area contributed by atoms with Gasteiger partial charge in [-0.3, -0.25) is 0 Å². The zero-order valence-electron chi connectivity index (χ0n) is 17.3. The van der Waals surface area contributed by atoms with Crippen LogP contribution in [0, 0.1) is 46.3 Å². The minimum absolute atomic E-state index is 0.00534. The van der Waals surface area contributed by atoms with Crippen molar-refractivity contribution in [3.8, 4) is 0 Å². The van der Waals surface area contributed by atoms with Gasteiger partial charge in [0.2, 0.25) is 0 Å². The van der Waals surface area contributed by atoms with Gasteiger partial charge in [-0.1, -0.05) is 40.5 Å². The van der Waals surface area contributed by atoms with Gasteiger partial charge in [0.15, 0.2) is 0 Å². The van der Waals surface area contributed by atoms with Crippen molar-refractivity contribution in [2.75, 3.05) is 0 Å². The molecule has 0 spiro atoms. The fourth-order valence-electron chi connectivity index (χ4n) is 8.87. The predicted molar refractivity (Wildman–Crippen MR) is 105 cm³/mol. The van der Waals surface area contributed by atoms with Crippen LogP contribution in [0.5, 0.6) is 0 Å². The van der Waals surface area contributed by atoms with Gasteiger partial charge in [-0.05, 0) is 104 Å². The van der Waals surface area contributed by atoms with Crippen LogP contribution in [-0.4, -0.2) is 11.2 Å².